The zero-order valence-corrected chi connectivity index (χ0v) is 12.3. The Hall–Kier alpha value is -2.79. The predicted molar refractivity (Wildman–Crippen MR) is 88.1 cm³/mol. The quantitative estimate of drug-likeness (QED) is 0.672. The molecule has 0 saturated carbocycles. The molecule has 5 nitrogen and oxygen atoms in total. The molecule has 3 rings (SSSR count). The Bertz CT molecular complexity index is 769. The van der Waals surface area contributed by atoms with E-state index >= 15 is 0 Å². The molecule has 3 N–H and O–H groups in total. The molecule has 2 amide bonds. The van der Waals surface area contributed by atoms with Gasteiger partial charge < -0.3 is 15.6 Å². The van der Waals surface area contributed by atoms with Gasteiger partial charge >= 0.3 is 6.03 Å². The minimum Gasteiger partial charge on any atom is -0.345 e. The molecule has 0 aliphatic heterocycles. The van der Waals surface area contributed by atoms with E-state index in [0.717, 1.165) is 11.4 Å². The Morgan fingerprint density at radius 2 is 1.82 bits per heavy atom. The van der Waals surface area contributed by atoms with Crippen LogP contribution in [-0.2, 0) is 0 Å². The van der Waals surface area contributed by atoms with E-state index in [9.17, 15) is 4.79 Å². The second-order valence-corrected chi connectivity index (χ2v) is 5.04. The van der Waals surface area contributed by atoms with Crippen molar-refractivity contribution in [2.45, 2.75) is 0 Å². The zero-order valence-electron chi connectivity index (χ0n) is 11.5. The van der Waals surface area contributed by atoms with Gasteiger partial charge in [0.25, 0.3) is 0 Å². The number of halogens is 1. The normalized spacial score (nSPS) is 10.2. The van der Waals surface area contributed by atoms with Gasteiger partial charge in [0.2, 0.25) is 0 Å². The maximum absolute atomic E-state index is 12.0. The van der Waals surface area contributed by atoms with E-state index in [2.05, 4.69) is 20.6 Å². The summed E-state index contributed by atoms with van der Waals surface area (Å²) in [6, 6.07) is 14.0. The fourth-order valence-corrected chi connectivity index (χ4v) is 2.12. The number of hydrogen-bond donors (Lipinski definition) is 3. The first-order chi connectivity index (χ1) is 10.7. The zero-order chi connectivity index (χ0) is 15.4. The number of aromatic nitrogens is 2. The van der Waals surface area contributed by atoms with E-state index < -0.39 is 0 Å². The van der Waals surface area contributed by atoms with Crippen LogP contribution in [0.5, 0.6) is 0 Å². The summed E-state index contributed by atoms with van der Waals surface area (Å²) in [6.07, 6.45) is 3.44. The van der Waals surface area contributed by atoms with Gasteiger partial charge in [0.15, 0.2) is 0 Å². The summed E-state index contributed by atoms with van der Waals surface area (Å²) in [6.45, 7) is 0. The highest BCUT2D eigenvalue weighted by Gasteiger charge is 2.05. The topological polar surface area (TPSA) is 69.8 Å². The summed E-state index contributed by atoms with van der Waals surface area (Å²) in [7, 11) is 0. The first-order valence-electron chi connectivity index (χ1n) is 6.64. The van der Waals surface area contributed by atoms with Crippen molar-refractivity contribution in [3.05, 3.63) is 65.9 Å². The molecule has 6 heteroatoms. The summed E-state index contributed by atoms with van der Waals surface area (Å²) in [4.78, 5) is 19.2. The molecule has 0 unspecified atom stereocenters. The second kappa shape index (κ2) is 6.32. The SMILES string of the molecule is O=C(Nc1ccc(Cl)cc1)Nc1cccc(-c2ncc[nH]2)c1. The van der Waals surface area contributed by atoms with Gasteiger partial charge in [-0.1, -0.05) is 23.7 Å². The fourth-order valence-electron chi connectivity index (χ4n) is 1.99. The molecule has 3 aromatic rings. The molecule has 110 valence electrons. The Labute approximate surface area is 132 Å². The van der Waals surface area contributed by atoms with Crippen LogP contribution in [0.25, 0.3) is 11.4 Å². The highest BCUT2D eigenvalue weighted by molar-refractivity contribution is 6.30. The van der Waals surface area contributed by atoms with Crippen molar-refractivity contribution in [2.24, 2.45) is 0 Å². The molecule has 0 aliphatic rings. The third-order valence-electron chi connectivity index (χ3n) is 2.99. The molecule has 0 atom stereocenters. The smallest absolute Gasteiger partial charge is 0.323 e. The van der Waals surface area contributed by atoms with Crippen LogP contribution in [0.2, 0.25) is 5.02 Å². The molecule has 0 saturated heterocycles. The number of anilines is 2. The molecule has 0 fully saturated rings. The number of benzene rings is 2. The lowest BCUT2D eigenvalue weighted by Gasteiger charge is -2.08. The van der Waals surface area contributed by atoms with Crippen LogP contribution in [0.15, 0.2) is 60.9 Å². The first-order valence-corrected chi connectivity index (χ1v) is 7.02. The van der Waals surface area contributed by atoms with Crippen LogP contribution in [0, 0.1) is 0 Å². The van der Waals surface area contributed by atoms with E-state index in [0.29, 0.717) is 16.4 Å². The summed E-state index contributed by atoms with van der Waals surface area (Å²) < 4.78 is 0. The molecular weight excluding hydrogens is 300 g/mol. The molecule has 0 spiro atoms. The van der Waals surface area contributed by atoms with E-state index in [4.69, 9.17) is 11.6 Å². The Balaban J connectivity index is 1.69. The van der Waals surface area contributed by atoms with E-state index in [1.807, 2.05) is 24.3 Å². The van der Waals surface area contributed by atoms with Gasteiger partial charge in [-0.2, -0.15) is 0 Å². The Morgan fingerprint density at radius 3 is 2.55 bits per heavy atom. The maximum atomic E-state index is 12.0. The number of carbonyl (C=O) groups is 1. The minimum atomic E-state index is -0.320. The largest absolute Gasteiger partial charge is 0.345 e. The second-order valence-electron chi connectivity index (χ2n) is 4.60. The van der Waals surface area contributed by atoms with Crippen LogP contribution in [0.1, 0.15) is 0 Å². The number of amides is 2. The number of nitrogens with zero attached hydrogens (tertiary/aromatic N) is 1. The number of nitrogens with one attached hydrogen (secondary N) is 3. The van der Waals surface area contributed by atoms with Gasteiger partial charge in [-0.15, -0.1) is 0 Å². The van der Waals surface area contributed by atoms with Gasteiger partial charge in [-0.25, -0.2) is 9.78 Å². The number of hydrogen-bond acceptors (Lipinski definition) is 2. The van der Waals surface area contributed by atoms with Crippen molar-refractivity contribution in [1.29, 1.82) is 0 Å². The van der Waals surface area contributed by atoms with E-state index in [1.165, 1.54) is 0 Å². The molecule has 22 heavy (non-hydrogen) atoms. The average molecular weight is 313 g/mol. The standard InChI is InChI=1S/C16H13ClN4O/c17-12-4-6-13(7-5-12)20-16(22)21-14-3-1-2-11(10-14)15-18-8-9-19-15/h1-10H,(H,18,19)(H2,20,21,22). The molecule has 1 heterocycles. The van der Waals surface area contributed by atoms with E-state index in [1.54, 1.807) is 36.7 Å². The number of H-pyrrole nitrogens is 1. The van der Waals surface area contributed by atoms with Crippen molar-refractivity contribution in [3.8, 4) is 11.4 Å². The minimum absolute atomic E-state index is 0.320. The van der Waals surface area contributed by atoms with Crippen molar-refractivity contribution in [1.82, 2.24) is 9.97 Å². The predicted octanol–water partition coefficient (Wildman–Crippen LogP) is 4.37. The van der Waals surface area contributed by atoms with Gasteiger partial charge in [0.1, 0.15) is 5.82 Å². The van der Waals surface area contributed by atoms with Crippen LogP contribution in [-0.4, -0.2) is 16.0 Å². The number of aromatic amines is 1. The lowest BCUT2D eigenvalue weighted by Crippen LogP contribution is -2.19. The summed E-state index contributed by atoms with van der Waals surface area (Å²) in [5.74, 6) is 0.752. The first kappa shape index (κ1) is 14.2. The summed E-state index contributed by atoms with van der Waals surface area (Å²) in [5.41, 5.74) is 2.25. The molecule has 2 aromatic carbocycles. The van der Waals surface area contributed by atoms with Gasteiger partial charge in [-0.05, 0) is 36.4 Å². The number of rotatable bonds is 3. The molecule has 1 aromatic heterocycles. The van der Waals surface area contributed by atoms with Gasteiger partial charge in [0, 0.05) is 34.4 Å². The van der Waals surface area contributed by atoms with Gasteiger partial charge in [-0.3, -0.25) is 0 Å². The number of urea groups is 1. The maximum Gasteiger partial charge on any atom is 0.323 e. The molecule has 0 radical (unpaired) electrons. The number of carbonyl (C=O) groups excluding carboxylic acids is 1. The third-order valence-corrected chi connectivity index (χ3v) is 3.25. The summed E-state index contributed by atoms with van der Waals surface area (Å²) >= 11 is 5.81. The molecule has 0 bridgehead atoms. The average Bonchev–Trinajstić information content (AvgIpc) is 3.04. The Kier molecular flexibility index (Phi) is 4.07. The molecule has 0 aliphatic carbocycles. The van der Waals surface area contributed by atoms with Crippen molar-refractivity contribution in [2.75, 3.05) is 10.6 Å². The summed E-state index contributed by atoms with van der Waals surface area (Å²) in [5, 5.41) is 6.14. The highest BCUT2D eigenvalue weighted by atomic mass is 35.5. The molecular formula is C16H13ClN4O. The van der Waals surface area contributed by atoms with Crippen LogP contribution < -0.4 is 10.6 Å². The highest BCUT2D eigenvalue weighted by Crippen LogP contribution is 2.19. The number of imidazole rings is 1. The van der Waals surface area contributed by atoms with Crippen LogP contribution in [0.3, 0.4) is 0 Å². The van der Waals surface area contributed by atoms with Crippen molar-refractivity contribution >= 4 is 29.0 Å². The third kappa shape index (κ3) is 3.45. The van der Waals surface area contributed by atoms with Gasteiger partial charge in [0.05, 0.1) is 0 Å². The van der Waals surface area contributed by atoms with Crippen LogP contribution >= 0.6 is 11.6 Å². The van der Waals surface area contributed by atoms with E-state index in [-0.39, 0.29) is 6.03 Å². The fraction of sp³-hybridized carbons (Fsp3) is 0. The van der Waals surface area contributed by atoms with Crippen LogP contribution in [0.4, 0.5) is 16.2 Å². The lowest BCUT2D eigenvalue weighted by atomic mass is 10.2. The Morgan fingerprint density at radius 1 is 1.05 bits per heavy atom. The van der Waals surface area contributed by atoms with Crippen molar-refractivity contribution in [3.63, 3.8) is 0 Å². The lowest BCUT2D eigenvalue weighted by molar-refractivity contribution is 0.262. The van der Waals surface area contributed by atoms with Crippen molar-refractivity contribution < 1.29 is 4.79 Å². The monoisotopic (exact) mass is 312 g/mol.